The summed E-state index contributed by atoms with van der Waals surface area (Å²) >= 11 is 0. The third kappa shape index (κ3) is 5.59. The quantitative estimate of drug-likeness (QED) is 0.763. The number of carbonyl (C=O) groups excluding carboxylic acids is 1. The zero-order chi connectivity index (χ0) is 14.9. The summed E-state index contributed by atoms with van der Waals surface area (Å²) in [4.78, 5) is 17.1. The highest BCUT2D eigenvalue weighted by molar-refractivity contribution is 5.78. The van der Waals surface area contributed by atoms with Crippen LogP contribution in [0.2, 0.25) is 0 Å². The van der Waals surface area contributed by atoms with Crippen LogP contribution in [-0.2, 0) is 4.79 Å². The Morgan fingerprint density at radius 1 is 1.05 bits per heavy atom. The van der Waals surface area contributed by atoms with E-state index in [9.17, 15) is 4.79 Å². The van der Waals surface area contributed by atoms with E-state index in [0.29, 0.717) is 18.5 Å². The first-order valence-corrected chi connectivity index (χ1v) is 9.04. The van der Waals surface area contributed by atoms with E-state index in [1.54, 1.807) is 0 Å². The van der Waals surface area contributed by atoms with Gasteiger partial charge in [-0.2, -0.15) is 0 Å². The standard InChI is InChI=1S/C17H33N3O/c1-2-10-18-14-16-9-5-8-13-20(16)15-17(21)19-11-6-3-4-7-12-19/h16,18H,2-15H2,1H3. The molecule has 2 aliphatic rings. The van der Waals surface area contributed by atoms with Gasteiger partial charge in [-0.05, 0) is 45.2 Å². The van der Waals surface area contributed by atoms with E-state index in [1.165, 1.54) is 51.4 Å². The largest absolute Gasteiger partial charge is 0.342 e. The van der Waals surface area contributed by atoms with Crippen LogP contribution < -0.4 is 5.32 Å². The Morgan fingerprint density at radius 3 is 2.48 bits per heavy atom. The van der Waals surface area contributed by atoms with Crippen LogP contribution in [0.4, 0.5) is 0 Å². The van der Waals surface area contributed by atoms with Crippen molar-refractivity contribution >= 4 is 5.91 Å². The molecule has 0 saturated carbocycles. The van der Waals surface area contributed by atoms with Crippen LogP contribution in [0.1, 0.15) is 58.3 Å². The van der Waals surface area contributed by atoms with Crippen LogP contribution >= 0.6 is 0 Å². The van der Waals surface area contributed by atoms with Crippen molar-refractivity contribution in [2.75, 3.05) is 39.3 Å². The summed E-state index contributed by atoms with van der Waals surface area (Å²) in [6, 6.07) is 0.557. The highest BCUT2D eigenvalue weighted by Gasteiger charge is 2.26. The fourth-order valence-corrected chi connectivity index (χ4v) is 3.54. The minimum absolute atomic E-state index is 0.360. The normalized spacial score (nSPS) is 24.8. The van der Waals surface area contributed by atoms with Crippen molar-refractivity contribution in [3.05, 3.63) is 0 Å². The first kappa shape index (κ1) is 16.8. The van der Waals surface area contributed by atoms with E-state index in [-0.39, 0.29) is 0 Å². The SMILES string of the molecule is CCCNCC1CCCCN1CC(=O)N1CCCCCC1. The summed E-state index contributed by atoms with van der Waals surface area (Å²) in [7, 11) is 0. The molecule has 2 heterocycles. The molecule has 0 radical (unpaired) electrons. The lowest BCUT2D eigenvalue weighted by Gasteiger charge is -2.36. The molecule has 0 aromatic carbocycles. The van der Waals surface area contributed by atoms with Gasteiger partial charge < -0.3 is 10.2 Å². The summed E-state index contributed by atoms with van der Waals surface area (Å²) in [5.74, 6) is 0.360. The van der Waals surface area contributed by atoms with Crippen molar-refractivity contribution in [1.82, 2.24) is 15.1 Å². The molecule has 0 aromatic rings. The van der Waals surface area contributed by atoms with Crippen LogP contribution in [0.3, 0.4) is 0 Å². The predicted molar refractivity (Wildman–Crippen MR) is 87.4 cm³/mol. The molecule has 0 bridgehead atoms. The summed E-state index contributed by atoms with van der Waals surface area (Å²) < 4.78 is 0. The second-order valence-electron chi connectivity index (χ2n) is 6.62. The maximum Gasteiger partial charge on any atom is 0.236 e. The molecule has 0 aromatic heterocycles. The molecule has 1 amide bonds. The smallest absolute Gasteiger partial charge is 0.236 e. The molecule has 4 nitrogen and oxygen atoms in total. The number of piperidine rings is 1. The lowest BCUT2D eigenvalue weighted by molar-refractivity contribution is -0.133. The number of carbonyl (C=O) groups is 1. The van der Waals surface area contributed by atoms with E-state index in [1.807, 2.05) is 0 Å². The number of hydrogen-bond donors (Lipinski definition) is 1. The molecule has 21 heavy (non-hydrogen) atoms. The lowest BCUT2D eigenvalue weighted by atomic mass is 10.0. The fourth-order valence-electron chi connectivity index (χ4n) is 3.54. The molecule has 2 saturated heterocycles. The Morgan fingerprint density at radius 2 is 1.76 bits per heavy atom. The van der Waals surface area contributed by atoms with Crippen molar-refractivity contribution in [2.24, 2.45) is 0 Å². The van der Waals surface area contributed by atoms with E-state index in [2.05, 4.69) is 22.0 Å². The average Bonchev–Trinajstić information content (AvgIpc) is 2.78. The highest BCUT2D eigenvalue weighted by atomic mass is 16.2. The number of nitrogens with zero attached hydrogens (tertiary/aromatic N) is 2. The molecular weight excluding hydrogens is 262 g/mol. The van der Waals surface area contributed by atoms with E-state index in [4.69, 9.17) is 0 Å². The molecule has 4 heteroatoms. The molecule has 0 aliphatic carbocycles. The highest BCUT2D eigenvalue weighted by Crippen LogP contribution is 2.17. The Balaban J connectivity index is 1.81. The van der Waals surface area contributed by atoms with Gasteiger partial charge in [0.2, 0.25) is 5.91 Å². The van der Waals surface area contributed by atoms with E-state index < -0.39 is 0 Å². The predicted octanol–water partition coefficient (Wildman–Crippen LogP) is 2.24. The summed E-state index contributed by atoms with van der Waals surface area (Å²) in [5.41, 5.74) is 0. The molecule has 2 fully saturated rings. The van der Waals surface area contributed by atoms with Gasteiger partial charge >= 0.3 is 0 Å². The van der Waals surface area contributed by atoms with E-state index in [0.717, 1.165) is 32.7 Å². The van der Waals surface area contributed by atoms with Gasteiger partial charge in [0.15, 0.2) is 0 Å². The first-order valence-electron chi connectivity index (χ1n) is 9.04. The molecule has 1 atom stereocenters. The molecule has 1 N–H and O–H groups in total. The van der Waals surface area contributed by atoms with Crippen molar-refractivity contribution in [1.29, 1.82) is 0 Å². The topological polar surface area (TPSA) is 35.6 Å². The first-order chi connectivity index (χ1) is 10.3. The van der Waals surface area contributed by atoms with Crippen molar-refractivity contribution in [3.63, 3.8) is 0 Å². The Bertz CT molecular complexity index is 300. The molecule has 122 valence electrons. The number of nitrogens with one attached hydrogen (secondary N) is 1. The Hall–Kier alpha value is -0.610. The van der Waals surface area contributed by atoms with Crippen LogP contribution in [-0.4, -0.2) is 61.0 Å². The third-order valence-corrected chi connectivity index (χ3v) is 4.85. The molecule has 1 unspecified atom stereocenters. The summed E-state index contributed by atoms with van der Waals surface area (Å²) in [5, 5.41) is 3.53. The number of amides is 1. The van der Waals surface area contributed by atoms with Gasteiger partial charge in [0.25, 0.3) is 0 Å². The Kier molecular flexibility index (Phi) is 7.51. The summed E-state index contributed by atoms with van der Waals surface area (Å²) in [6.07, 6.45) is 9.93. The minimum Gasteiger partial charge on any atom is -0.342 e. The second-order valence-corrected chi connectivity index (χ2v) is 6.62. The number of hydrogen-bond acceptors (Lipinski definition) is 3. The maximum absolute atomic E-state index is 12.6. The van der Waals surface area contributed by atoms with Crippen LogP contribution in [0.5, 0.6) is 0 Å². The lowest BCUT2D eigenvalue weighted by Crippen LogP contribution is -2.50. The summed E-state index contributed by atoms with van der Waals surface area (Å²) in [6.45, 7) is 8.02. The zero-order valence-electron chi connectivity index (χ0n) is 13.8. The van der Waals surface area contributed by atoms with Gasteiger partial charge in [-0.15, -0.1) is 0 Å². The van der Waals surface area contributed by atoms with Gasteiger partial charge in [-0.25, -0.2) is 0 Å². The molecule has 0 spiro atoms. The van der Waals surface area contributed by atoms with Gasteiger partial charge in [-0.1, -0.05) is 26.2 Å². The second kappa shape index (κ2) is 9.42. The number of likely N-dealkylation sites (tertiary alicyclic amines) is 2. The van der Waals surface area contributed by atoms with Crippen molar-refractivity contribution < 1.29 is 4.79 Å². The maximum atomic E-state index is 12.6. The minimum atomic E-state index is 0.360. The average molecular weight is 295 g/mol. The third-order valence-electron chi connectivity index (χ3n) is 4.85. The molecule has 2 aliphatic heterocycles. The Labute approximate surface area is 130 Å². The molecular formula is C17H33N3O. The van der Waals surface area contributed by atoms with Crippen LogP contribution in [0, 0.1) is 0 Å². The van der Waals surface area contributed by atoms with E-state index >= 15 is 0 Å². The van der Waals surface area contributed by atoms with Gasteiger partial charge in [0, 0.05) is 25.7 Å². The zero-order valence-corrected chi connectivity index (χ0v) is 13.8. The number of rotatable bonds is 6. The molecule has 2 rings (SSSR count). The van der Waals surface area contributed by atoms with Gasteiger partial charge in [0.1, 0.15) is 0 Å². The monoisotopic (exact) mass is 295 g/mol. The van der Waals surface area contributed by atoms with Crippen LogP contribution in [0.25, 0.3) is 0 Å². The fraction of sp³-hybridized carbons (Fsp3) is 0.941. The van der Waals surface area contributed by atoms with Crippen molar-refractivity contribution in [2.45, 2.75) is 64.3 Å². The van der Waals surface area contributed by atoms with Gasteiger partial charge in [0.05, 0.1) is 6.54 Å². The van der Waals surface area contributed by atoms with Crippen LogP contribution in [0.15, 0.2) is 0 Å². The van der Waals surface area contributed by atoms with Crippen molar-refractivity contribution in [3.8, 4) is 0 Å². The van der Waals surface area contributed by atoms with Gasteiger partial charge in [-0.3, -0.25) is 9.69 Å².